The average molecular weight is 379 g/mol. The number of non-ortho nitro benzene ring substituents is 1. The quantitative estimate of drug-likeness (QED) is 0.556. The zero-order chi connectivity index (χ0) is 19.3. The highest BCUT2D eigenvalue weighted by Crippen LogP contribution is 2.23. The summed E-state index contributed by atoms with van der Waals surface area (Å²) in [6.45, 7) is 2.92. The third-order valence-electron chi connectivity index (χ3n) is 4.09. The zero-order valence-corrected chi connectivity index (χ0v) is 15.3. The van der Waals surface area contributed by atoms with E-state index in [-0.39, 0.29) is 16.6 Å². The van der Waals surface area contributed by atoms with Crippen LogP contribution in [0.1, 0.15) is 18.5 Å². The Labute approximate surface area is 152 Å². The van der Waals surface area contributed by atoms with Gasteiger partial charge in [-0.25, -0.2) is 13.6 Å². The van der Waals surface area contributed by atoms with Crippen molar-refractivity contribution in [3.05, 3.63) is 64.2 Å². The molecule has 2 aromatic carbocycles. The lowest BCUT2D eigenvalue weighted by molar-refractivity contribution is -0.384. The molecular formula is C17H21N3O5S. The number of likely N-dealkylation sites (N-methyl/N-ethyl adjacent to an activating group) is 1. The van der Waals surface area contributed by atoms with Crippen molar-refractivity contribution in [1.29, 1.82) is 0 Å². The molecule has 9 heteroatoms. The minimum Gasteiger partial charge on any atom is -0.492 e. The van der Waals surface area contributed by atoms with Gasteiger partial charge in [0.05, 0.1) is 9.82 Å². The molecule has 0 saturated heterocycles. The number of nitro benzene ring substituents is 1. The normalized spacial score (nSPS) is 12.8. The van der Waals surface area contributed by atoms with Crippen LogP contribution in [0.15, 0.2) is 53.4 Å². The Bertz CT molecular complexity index is 868. The first-order chi connectivity index (χ1) is 12.2. The highest BCUT2D eigenvalue weighted by atomic mass is 32.2. The summed E-state index contributed by atoms with van der Waals surface area (Å²) in [6, 6.07) is 12.4. The van der Waals surface area contributed by atoms with Gasteiger partial charge in [0, 0.05) is 24.7 Å². The predicted molar refractivity (Wildman–Crippen MR) is 97.5 cm³/mol. The molecule has 0 spiro atoms. The molecule has 2 N–H and O–H groups in total. The molecule has 0 radical (unpaired) electrons. The van der Waals surface area contributed by atoms with Gasteiger partial charge in [0.25, 0.3) is 5.69 Å². The van der Waals surface area contributed by atoms with Crippen LogP contribution in [0.25, 0.3) is 0 Å². The van der Waals surface area contributed by atoms with Gasteiger partial charge in [-0.3, -0.25) is 15.0 Å². The first-order valence-electron chi connectivity index (χ1n) is 7.89. The van der Waals surface area contributed by atoms with Gasteiger partial charge in [0.1, 0.15) is 12.4 Å². The molecule has 1 unspecified atom stereocenters. The van der Waals surface area contributed by atoms with Crippen LogP contribution in [-0.2, 0) is 10.0 Å². The van der Waals surface area contributed by atoms with Crippen molar-refractivity contribution in [2.24, 2.45) is 5.14 Å². The van der Waals surface area contributed by atoms with E-state index in [0.29, 0.717) is 18.9 Å². The Morgan fingerprint density at radius 1 is 1.23 bits per heavy atom. The van der Waals surface area contributed by atoms with Crippen molar-refractivity contribution in [3.8, 4) is 5.75 Å². The van der Waals surface area contributed by atoms with E-state index < -0.39 is 14.9 Å². The maximum atomic E-state index is 11.2. The summed E-state index contributed by atoms with van der Waals surface area (Å²) in [4.78, 5) is 12.5. The lowest BCUT2D eigenvalue weighted by Gasteiger charge is -2.25. The van der Waals surface area contributed by atoms with E-state index in [4.69, 9.17) is 9.88 Å². The highest BCUT2D eigenvalue weighted by molar-refractivity contribution is 7.89. The Morgan fingerprint density at radius 3 is 2.46 bits per heavy atom. The molecule has 2 aromatic rings. The molecule has 8 nitrogen and oxygen atoms in total. The molecule has 0 aliphatic heterocycles. The van der Waals surface area contributed by atoms with Crippen LogP contribution in [0, 0.1) is 10.1 Å². The van der Waals surface area contributed by atoms with Crippen molar-refractivity contribution >= 4 is 15.7 Å². The van der Waals surface area contributed by atoms with Crippen molar-refractivity contribution in [2.45, 2.75) is 17.9 Å². The average Bonchev–Trinajstić information content (AvgIpc) is 2.60. The first kappa shape index (κ1) is 19.8. The molecule has 0 heterocycles. The third kappa shape index (κ3) is 5.25. The Morgan fingerprint density at radius 2 is 1.88 bits per heavy atom. The van der Waals surface area contributed by atoms with Crippen molar-refractivity contribution < 1.29 is 18.1 Å². The summed E-state index contributed by atoms with van der Waals surface area (Å²) in [5, 5.41) is 15.9. The van der Waals surface area contributed by atoms with Crippen LogP contribution in [0.3, 0.4) is 0 Å². The number of hydrogen-bond acceptors (Lipinski definition) is 6. The molecular weight excluding hydrogens is 358 g/mol. The van der Waals surface area contributed by atoms with E-state index in [1.165, 1.54) is 18.2 Å². The largest absolute Gasteiger partial charge is 0.492 e. The Hall–Kier alpha value is -2.49. The third-order valence-corrected chi connectivity index (χ3v) is 5.02. The van der Waals surface area contributed by atoms with Gasteiger partial charge < -0.3 is 4.74 Å². The van der Waals surface area contributed by atoms with Crippen LogP contribution < -0.4 is 9.88 Å². The van der Waals surface area contributed by atoms with Crippen LogP contribution in [0.2, 0.25) is 0 Å². The molecule has 0 aliphatic rings. The number of nitrogens with two attached hydrogens (primary N) is 1. The summed E-state index contributed by atoms with van der Waals surface area (Å²) >= 11 is 0. The fourth-order valence-corrected chi connectivity index (χ4v) is 2.89. The second-order valence-corrected chi connectivity index (χ2v) is 7.43. The van der Waals surface area contributed by atoms with Crippen molar-refractivity contribution in [1.82, 2.24) is 4.90 Å². The number of ether oxygens (including phenoxy) is 1. The Balaban J connectivity index is 1.91. The fraction of sp³-hybridized carbons (Fsp3) is 0.294. The maximum absolute atomic E-state index is 11.2. The number of nitrogens with zero attached hydrogens (tertiary/aromatic N) is 2. The summed E-state index contributed by atoms with van der Waals surface area (Å²) in [5.74, 6) is 0.536. The van der Waals surface area contributed by atoms with Gasteiger partial charge >= 0.3 is 0 Å². The minimum absolute atomic E-state index is 0.0248. The molecule has 26 heavy (non-hydrogen) atoms. The zero-order valence-electron chi connectivity index (χ0n) is 14.5. The van der Waals surface area contributed by atoms with Crippen LogP contribution in [-0.4, -0.2) is 38.4 Å². The summed E-state index contributed by atoms with van der Waals surface area (Å²) < 4.78 is 28.0. The number of sulfonamides is 1. The van der Waals surface area contributed by atoms with E-state index in [1.807, 2.05) is 24.9 Å². The lowest BCUT2D eigenvalue weighted by Crippen LogP contribution is -2.27. The van der Waals surface area contributed by atoms with E-state index in [9.17, 15) is 18.5 Å². The minimum atomic E-state index is -3.72. The number of nitro groups is 1. The second-order valence-electron chi connectivity index (χ2n) is 5.87. The van der Waals surface area contributed by atoms with Gasteiger partial charge in [-0.2, -0.15) is 0 Å². The molecule has 0 saturated carbocycles. The first-order valence-corrected chi connectivity index (χ1v) is 9.43. The van der Waals surface area contributed by atoms with Crippen LogP contribution >= 0.6 is 0 Å². The fourth-order valence-electron chi connectivity index (χ4n) is 2.38. The topological polar surface area (TPSA) is 116 Å². The highest BCUT2D eigenvalue weighted by Gasteiger charge is 2.15. The monoisotopic (exact) mass is 379 g/mol. The standard InChI is InChI=1S/C17H21N3O5S/c1-13(14-4-3-5-15(12-14)20(21)22)19(2)10-11-25-16-6-8-17(9-7-16)26(18,23)24/h3-9,12-13H,10-11H2,1-2H3,(H2,18,23,24). The van der Waals surface area contributed by atoms with Crippen LogP contribution in [0.5, 0.6) is 5.75 Å². The molecule has 1 atom stereocenters. The SMILES string of the molecule is CC(c1cccc([N+](=O)[O-])c1)N(C)CCOc1ccc(S(N)(=O)=O)cc1. The molecule has 0 amide bonds. The summed E-state index contributed by atoms with van der Waals surface area (Å²) in [6.07, 6.45) is 0. The molecule has 0 bridgehead atoms. The summed E-state index contributed by atoms with van der Waals surface area (Å²) in [5.41, 5.74) is 0.910. The van der Waals surface area contributed by atoms with E-state index in [0.717, 1.165) is 5.56 Å². The maximum Gasteiger partial charge on any atom is 0.269 e. The van der Waals surface area contributed by atoms with E-state index >= 15 is 0 Å². The number of primary sulfonamides is 1. The molecule has 0 aliphatic carbocycles. The Kier molecular flexibility index (Phi) is 6.30. The van der Waals surface area contributed by atoms with Gasteiger partial charge in [0.2, 0.25) is 10.0 Å². The van der Waals surface area contributed by atoms with Gasteiger partial charge in [-0.05, 0) is 43.8 Å². The number of hydrogen-bond donors (Lipinski definition) is 1. The van der Waals surface area contributed by atoms with E-state index in [1.54, 1.807) is 24.3 Å². The van der Waals surface area contributed by atoms with Gasteiger partial charge in [0.15, 0.2) is 0 Å². The van der Waals surface area contributed by atoms with Gasteiger partial charge in [-0.1, -0.05) is 12.1 Å². The summed E-state index contributed by atoms with van der Waals surface area (Å²) in [7, 11) is -1.82. The van der Waals surface area contributed by atoms with Crippen molar-refractivity contribution in [2.75, 3.05) is 20.2 Å². The van der Waals surface area contributed by atoms with Crippen molar-refractivity contribution in [3.63, 3.8) is 0 Å². The van der Waals surface area contributed by atoms with Crippen LogP contribution in [0.4, 0.5) is 5.69 Å². The predicted octanol–water partition coefficient (Wildman–Crippen LogP) is 2.31. The number of benzene rings is 2. The second kappa shape index (κ2) is 8.26. The molecule has 2 rings (SSSR count). The van der Waals surface area contributed by atoms with E-state index in [2.05, 4.69) is 0 Å². The van der Waals surface area contributed by atoms with Gasteiger partial charge in [-0.15, -0.1) is 0 Å². The lowest BCUT2D eigenvalue weighted by atomic mass is 10.1. The smallest absolute Gasteiger partial charge is 0.269 e. The molecule has 0 aromatic heterocycles. The molecule has 0 fully saturated rings. The molecule has 140 valence electrons. The number of rotatable bonds is 8.